The molecule has 0 atom stereocenters. The number of aromatic nitrogens is 2. The Kier molecular flexibility index (Phi) is 4.35. The summed E-state index contributed by atoms with van der Waals surface area (Å²) in [7, 11) is 4.02. The lowest BCUT2D eigenvalue weighted by Crippen LogP contribution is -2.10. The molecule has 4 nitrogen and oxygen atoms in total. The third kappa shape index (κ3) is 3.07. The number of hydrogen-bond donors (Lipinski definition) is 1. The van der Waals surface area contributed by atoms with Crippen molar-refractivity contribution >= 4 is 5.69 Å². The summed E-state index contributed by atoms with van der Waals surface area (Å²) in [5.74, 6) is 0. The molecule has 2 aromatic carbocycles. The van der Waals surface area contributed by atoms with E-state index in [1.807, 2.05) is 56.6 Å². The Hall–Kier alpha value is -2.72. The molecular weight excluding hydrogens is 286 g/mol. The predicted molar refractivity (Wildman–Crippen MR) is 93.2 cm³/mol. The van der Waals surface area contributed by atoms with Crippen LogP contribution in [0.15, 0.2) is 60.9 Å². The van der Waals surface area contributed by atoms with Crippen molar-refractivity contribution in [1.82, 2.24) is 9.97 Å². The molecule has 3 aromatic rings. The van der Waals surface area contributed by atoms with E-state index in [0.717, 1.165) is 33.8 Å². The first-order chi connectivity index (χ1) is 11.2. The van der Waals surface area contributed by atoms with E-state index in [1.54, 1.807) is 12.4 Å². The summed E-state index contributed by atoms with van der Waals surface area (Å²) in [6.45, 7) is -0.0175. The van der Waals surface area contributed by atoms with Crippen LogP contribution in [0.25, 0.3) is 22.5 Å². The highest BCUT2D eigenvalue weighted by Crippen LogP contribution is 2.30. The Balaban J connectivity index is 2.11. The van der Waals surface area contributed by atoms with Crippen molar-refractivity contribution in [2.75, 3.05) is 19.0 Å². The Morgan fingerprint density at radius 3 is 2.17 bits per heavy atom. The topological polar surface area (TPSA) is 49.2 Å². The highest BCUT2D eigenvalue weighted by Gasteiger charge is 2.11. The number of anilines is 1. The van der Waals surface area contributed by atoms with Crippen LogP contribution in [0.2, 0.25) is 0 Å². The minimum absolute atomic E-state index is 0.0175. The molecule has 1 aromatic heterocycles. The highest BCUT2D eigenvalue weighted by atomic mass is 16.3. The normalized spacial score (nSPS) is 10.6. The molecule has 3 rings (SSSR count). The number of para-hydroxylation sites is 1. The summed E-state index contributed by atoms with van der Waals surface area (Å²) >= 11 is 0. The first-order valence-electron chi connectivity index (χ1n) is 7.48. The maximum Gasteiger partial charge on any atom is 0.0913 e. The number of aliphatic hydroxyl groups is 1. The van der Waals surface area contributed by atoms with E-state index < -0.39 is 0 Å². The zero-order chi connectivity index (χ0) is 16.2. The molecule has 0 radical (unpaired) electrons. The van der Waals surface area contributed by atoms with Gasteiger partial charge in [-0.2, -0.15) is 0 Å². The fraction of sp³-hybridized carbons (Fsp3) is 0.158. The van der Waals surface area contributed by atoms with Gasteiger partial charge in [-0.3, -0.25) is 4.98 Å². The summed E-state index contributed by atoms with van der Waals surface area (Å²) in [6.07, 6.45) is 3.50. The molecule has 0 bridgehead atoms. The van der Waals surface area contributed by atoms with Gasteiger partial charge < -0.3 is 10.0 Å². The predicted octanol–water partition coefficient (Wildman–Crippen LogP) is 3.37. The van der Waals surface area contributed by atoms with Crippen LogP contribution in [-0.2, 0) is 6.61 Å². The van der Waals surface area contributed by atoms with Crippen LogP contribution in [0, 0.1) is 0 Å². The molecular formula is C19H19N3O. The van der Waals surface area contributed by atoms with Gasteiger partial charge in [0, 0.05) is 30.9 Å². The van der Waals surface area contributed by atoms with Gasteiger partial charge in [-0.15, -0.1) is 0 Å². The van der Waals surface area contributed by atoms with Crippen molar-refractivity contribution in [3.8, 4) is 22.5 Å². The lowest BCUT2D eigenvalue weighted by atomic mass is 10.0. The average molecular weight is 305 g/mol. The van der Waals surface area contributed by atoms with E-state index in [2.05, 4.69) is 16.0 Å². The maximum atomic E-state index is 9.53. The molecule has 0 saturated heterocycles. The molecule has 0 spiro atoms. The molecule has 0 unspecified atom stereocenters. The molecule has 0 saturated carbocycles. The van der Waals surface area contributed by atoms with E-state index in [9.17, 15) is 5.11 Å². The van der Waals surface area contributed by atoms with Crippen molar-refractivity contribution in [1.29, 1.82) is 0 Å². The van der Waals surface area contributed by atoms with Crippen molar-refractivity contribution in [2.45, 2.75) is 6.61 Å². The van der Waals surface area contributed by atoms with Crippen LogP contribution >= 0.6 is 0 Å². The van der Waals surface area contributed by atoms with Crippen LogP contribution in [0.4, 0.5) is 5.69 Å². The quantitative estimate of drug-likeness (QED) is 0.803. The van der Waals surface area contributed by atoms with Crippen LogP contribution in [-0.4, -0.2) is 29.2 Å². The number of nitrogens with zero attached hydrogens (tertiary/aromatic N) is 3. The molecule has 23 heavy (non-hydrogen) atoms. The fourth-order valence-electron chi connectivity index (χ4n) is 2.61. The van der Waals surface area contributed by atoms with Gasteiger partial charge >= 0.3 is 0 Å². The van der Waals surface area contributed by atoms with Gasteiger partial charge in [0.15, 0.2) is 0 Å². The zero-order valence-electron chi connectivity index (χ0n) is 13.3. The molecule has 0 aliphatic rings. The van der Waals surface area contributed by atoms with Gasteiger partial charge in [0.05, 0.1) is 30.4 Å². The summed E-state index contributed by atoms with van der Waals surface area (Å²) < 4.78 is 0. The van der Waals surface area contributed by atoms with E-state index in [-0.39, 0.29) is 6.61 Å². The van der Waals surface area contributed by atoms with Crippen LogP contribution in [0.5, 0.6) is 0 Å². The van der Waals surface area contributed by atoms with Crippen LogP contribution in [0.1, 0.15) is 5.56 Å². The Bertz CT molecular complexity index is 815. The zero-order valence-corrected chi connectivity index (χ0v) is 13.3. The number of hydrogen-bond acceptors (Lipinski definition) is 4. The monoisotopic (exact) mass is 305 g/mol. The Labute approximate surface area is 136 Å². The molecule has 0 fully saturated rings. The summed E-state index contributed by atoms with van der Waals surface area (Å²) in [4.78, 5) is 11.2. The second kappa shape index (κ2) is 6.58. The number of aliphatic hydroxyl groups excluding tert-OH is 1. The molecule has 0 aliphatic carbocycles. The molecule has 1 heterocycles. The van der Waals surface area contributed by atoms with Crippen molar-refractivity contribution in [3.63, 3.8) is 0 Å². The molecule has 4 heteroatoms. The van der Waals surface area contributed by atoms with Gasteiger partial charge in [0.25, 0.3) is 0 Å². The van der Waals surface area contributed by atoms with Gasteiger partial charge in [-0.25, -0.2) is 4.98 Å². The second-order valence-corrected chi connectivity index (χ2v) is 5.52. The second-order valence-electron chi connectivity index (χ2n) is 5.52. The Morgan fingerprint density at radius 1 is 0.870 bits per heavy atom. The van der Waals surface area contributed by atoms with Crippen molar-refractivity contribution in [2.24, 2.45) is 0 Å². The van der Waals surface area contributed by atoms with E-state index in [1.165, 1.54) is 0 Å². The number of benzene rings is 2. The summed E-state index contributed by atoms with van der Waals surface area (Å²) in [6, 6.07) is 15.8. The number of rotatable bonds is 4. The van der Waals surface area contributed by atoms with Gasteiger partial charge in [-0.05, 0) is 11.6 Å². The van der Waals surface area contributed by atoms with Gasteiger partial charge in [-0.1, -0.05) is 42.5 Å². The minimum Gasteiger partial charge on any atom is -0.392 e. The van der Waals surface area contributed by atoms with Gasteiger partial charge in [0.2, 0.25) is 0 Å². The Morgan fingerprint density at radius 2 is 1.48 bits per heavy atom. The lowest BCUT2D eigenvalue weighted by Gasteiger charge is -2.17. The standard InChI is InChI=1S/C19H19N3O/c1-22(2)19-10-6-5-9-16(19)18-12-20-11-17(21-18)15-8-4-3-7-14(15)13-23/h3-12,23H,13H2,1-2H3. The first kappa shape index (κ1) is 15.2. The maximum absolute atomic E-state index is 9.53. The lowest BCUT2D eigenvalue weighted by molar-refractivity contribution is 0.282. The van der Waals surface area contributed by atoms with E-state index >= 15 is 0 Å². The minimum atomic E-state index is -0.0175. The van der Waals surface area contributed by atoms with Crippen molar-refractivity contribution < 1.29 is 5.11 Å². The molecule has 1 N–H and O–H groups in total. The van der Waals surface area contributed by atoms with E-state index in [0.29, 0.717) is 0 Å². The summed E-state index contributed by atoms with van der Waals surface area (Å²) in [5.41, 5.74) is 5.47. The molecule has 116 valence electrons. The average Bonchev–Trinajstić information content (AvgIpc) is 2.61. The first-order valence-corrected chi connectivity index (χ1v) is 7.48. The fourth-order valence-corrected chi connectivity index (χ4v) is 2.61. The largest absolute Gasteiger partial charge is 0.392 e. The highest BCUT2D eigenvalue weighted by molar-refractivity contribution is 5.77. The smallest absolute Gasteiger partial charge is 0.0913 e. The van der Waals surface area contributed by atoms with Gasteiger partial charge in [0.1, 0.15) is 0 Å². The van der Waals surface area contributed by atoms with Crippen LogP contribution < -0.4 is 4.90 Å². The summed E-state index contributed by atoms with van der Waals surface area (Å²) in [5, 5.41) is 9.53. The van der Waals surface area contributed by atoms with E-state index in [4.69, 9.17) is 4.98 Å². The third-order valence-corrected chi connectivity index (χ3v) is 3.76. The third-order valence-electron chi connectivity index (χ3n) is 3.76. The van der Waals surface area contributed by atoms with Crippen molar-refractivity contribution in [3.05, 3.63) is 66.5 Å². The van der Waals surface area contributed by atoms with Crippen LogP contribution in [0.3, 0.4) is 0 Å². The SMILES string of the molecule is CN(C)c1ccccc1-c1cncc(-c2ccccc2CO)n1. The molecule has 0 aliphatic heterocycles. The molecule has 0 amide bonds.